The SMILES string of the molecule is CCCCCCCCCCCCCCCCCCCCCCCCCCCCCCCCC(=O)OC(COC(=O)CCCCCCCCCCCCCCCC)COP(=O)(O)OCCN. The van der Waals surface area contributed by atoms with Gasteiger partial charge < -0.3 is 20.1 Å². The molecule has 0 aliphatic rings. The van der Waals surface area contributed by atoms with Crippen LogP contribution < -0.4 is 5.73 Å². The standard InChI is InChI=1S/C55H110NO8P/c1-3-5-7-9-11-13-15-17-19-20-21-22-23-24-25-26-27-28-29-30-31-32-33-34-36-38-40-42-44-46-48-55(58)64-53(52-63-65(59,60)62-50-49-56)51-61-54(57)47-45-43-41-39-37-35-18-16-14-12-10-8-6-4-2/h53H,3-52,56H2,1-2H3,(H,59,60). The van der Waals surface area contributed by atoms with Crippen molar-refractivity contribution in [2.24, 2.45) is 5.73 Å². The Balaban J connectivity index is 3.83. The van der Waals surface area contributed by atoms with E-state index >= 15 is 0 Å². The van der Waals surface area contributed by atoms with Gasteiger partial charge in [-0.3, -0.25) is 18.6 Å². The minimum absolute atomic E-state index is 0.0584. The summed E-state index contributed by atoms with van der Waals surface area (Å²) in [6.45, 7) is 3.81. The third-order valence-corrected chi connectivity index (χ3v) is 14.0. The molecule has 0 bridgehead atoms. The predicted molar refractivity (Wildman–Crippen MR) is 275 cm³/mol. The van der Waals surface area contributed by atoms with Crippen LogP contribution >= 0.6 is 7.82 Å². The average molecular weight is 944 g/mol. The average Bonchev–Trinajstić information content (AvgIpc) is 3.30. The molecule has 0 heterocycles. The van der Waals surface area contributed by atoms with Gasteiger partial charge in [0.05, 0.1) is 13.2 Å². The van der Waals surface area contributed by atoms with E-state index in [9.17, 15) is 19.0 Å². The van der Waals surface area contributed by atoms with Crippen LogP contribution in [0, 0.1) is 0 Å². The summed E-state index contributed by atoms with van der Waals surface area (Å²) >= 11 is 0. The molecule has 2 unspecified atom stereocenters. The van der Waals surface area contributed by atoms with Gasteiger partial charge in [-0.25, -0.2) is 4.57 Å². The number of nitrogens with two attached hydrogens (primary N) is 1. The summed E-state index contributed by atoms with van der Waals surface area (Å²) in [5.41, 5.74) is 5.37. The lowest BCUT2D eigenvalue weighted by molar-refractivity contribution is -0.161. The molecule has 0 aliphatic carbocycles. The van der Waals surface area contributed by atoms with Crippen LogP contribution in [0.1, 0.15) is 309 Å². The monoisotopic (exact) mass is 944 g/mol. The molecule has 0 radical (unpaired) electrons. The maximum absolute atomic E-state index is 12.7. The third-order valence-electron chi connectivity index (χ3n) is 13.0. The molecule has 10 heteroatoms. The molecule has 0 spiro atoms. The highest BCUT2D eigenvalue weighted by Gasteiger charge is 2.26. The number of phosphoric acid groups is 1. The molecule has 388 valence electrons. The number of phosphoric ester groups is 1. The lowest BCUT2D eigenvalue weighted by atomic mass is 10.0. The Morgan fingerprint density at radius 2 is 0.662 bits per heavy atom. The van der Waals surface area contributed by atoms with E-state index in [4.69, 9.17) is 24.3 Å². The van der Waals surface area contributed by atoms with E-state index in [-0.39, 0.29) is 38.6 Å². The van der Waals surface area contributed by atoms with Gasteiger partial charge in [0.15, 0.2) is 6.10 Å². The minimum Gasteiger partial charge on any atom is -0.462 e. The Bertz CT molecular complexity index is 1030. The van der Waals surface area contributed by atoms with E-state index in [0.29, 0.717) is 6.42 Å². The van der Waals surface area contributed by atoms with Crippen LogP contribution in [-0.4, -0.2) is 49.3 Å². The molecule has 0 saturated carbocycles. The summed E-state index contributed by atoms with van der Waals surface area (Å²) in [6.07, 6.45) is 57.4. The summed E-state index contributed by atoms with van der Waals surface area (Å²) in [5, 5.41) is 0. The van der Waals surface area contributed by atoms with Crippen molar-refractivity contribution < 1.29 is 37.6 Å². The molecule has 3 N–H and O–H groups in total. The Morgan fingerprint density at radius 1 is 0.400 bits per heavy atom. The molecule has 0 rings (SSSR count). The summed E-state index contributed by atoms with van der Waals surface area (Å²) in [7, 11) is -4.38. The lowest BCUT2D eigenvalue weighted by Gasteiger charge is -2.19. The molecule has 2 atom stereocenters. The van der Waals surface area contributed by atoms with Crippen molar-refractivity contribution in [2.75, 3.05) is 26.4 Å². The topological polar surface area (TPSA) is 134 Å². The Hall–Kier alpha value is -0.990. The fraction of sp³-hybridized carbons (Fsp3) is 0.964. The number of carbonyl (C=O) groups excluding carboxylic acids is 2. The molecule has 0 saturated heterocycles. The van der Waals surface area contributed by atoms with Gasteiger partial charge in [0, 0.05) is 19.4 Å². The highest BCUT2D eigenvalue weighted by atomic mass is 31.2. The number of hydrogen-bond acceptors (Lipinski definition) is 8. The van der Waals surface area contributed by atoms with Gasteiger partial charge in [-0.1, -0.05) is 284 Å². The summed E-state index contributed by atoms with van der Waals surface area (Å²) in [6, 6.07) is 0. The fourth-order valence-corrected chi connectivity index (χ4v) is 9.52. The van der Waals surface area contributed by atoms with Crippen LogP contribution in [0.3, 0.4) is 0 Å². The van der Waals surface area contributed by atoms with E-state index < -0.39 is 26.5 Å². The fourth-order valence-electron chi connectivity index (χ4n) is 8.76. The molecule has 65 heavy (non-hydrogen) atoms. The Labute approximate surface area is 403 Å². The second-order valence-electron chi connectivity index (χ2n) is 19.5. The number of esters is 2. The van der Waals surface area contributed by atoms with Crippen LogP contribution in [0.5, 0.6) is 0 Å². The van der Waals surface area contributed by atoms with Crippen LogP contribution in [0.15, 0.2) is 0 Å². The van der Waals surface area contributed by atoms with Crippen molar-refractivity contribution in [3.05, 3.63) is 0 Å². The molecule has 0 aliphatic heterocycles. The van der Waals surface area contributed by atoms with Crippen molar-refractivity contribution in [3.63, 3.8) is 0 Å². The predicted octanol–water partition coefficient (Wildman–Crippen LogP) is 17.5. The first-order chi connectivity index (χ1) is 31.8. The minimum atomic E-state index is -4.38. The maximum Gasteiger partial charge on any atom is 0.472 e. The van der Waals surface area contributed by atoms with Crippen molar-refractivity contribution in [1.29, 1.82) is 0 Å². The van der Waals surface area contributed by atoms with E-state index in [0.717, 1.165) is 32.1 Å². The van der Waals surface area contributed by atoms with E-state index in [1.54, 1.807) is 0 Å². The molecular formula is C55H110NO8P. The molecule has 0 fully saturated rings. The third kappa shape index (κ3) is 52.2. The largest absolute Gasteiger partial charge is 0.472 e. The maximum atomic E-state index is 12.7. The van der Waals surface area contributed by atoms with Gasteiger partial charge in [-0.15, -0.1) is 0 Å². The first kappa shape index (κ1) is 64.0. The van der Waals surface area contributed by atoms with E-state index in [1.165, 1.54) is 244 Å². The summed E-state index contributed by atoms with van der Waals surface area (Å²) in [4.78, 5) is 35.1. The number of ether oxygens (including phenoxy) is 2. The van der Waals surface area contributed by atoms with Crippen molar-refractivity contribution >= 4 is 19.8 Å². The zero-order valence-corrected chi connectivity index (χ0v) is 44.2. The van der Waals surface area contributed by atoms with Crippen LogP contribution in [-0.2, 0) is 32.7 Å². The Morgan fingerprint density at radius 3 is 0.938 bits per heavy atom. The van der Waals surface area contributed by atoms with Gasteiger partial charge in [0.25, 0.3) is 0 Å². The first-order valence-electron chi connectivity index (χ1n) is 28.5. The highest BCUT2D eigenvalue weighted by molar-refractivity contribution is 7.47. The Kier molecular flexibility index (Phi) is 51.6. The molecule has 0 aromatic carbocycles. The smallest absolute Gasteiger partial charge is 0.462 e. The zero-order chi connectivity index (χ0) is 47.4. The van der Waals surface area contributed by atoms with E-state index in [1.807, 2.05) is 0 Å². The number of carbonyl (C=O) groups is 2. The number of unbranched alkanes of at least 4 members (excludes halogenated alkanes) is 42. The van der Waals surface area contributed by atoms with Gasteiger partial charge in [0.2, 0.25) is 0 Å². The van der Waals surface area contributed by atoms with Gasteiger partial charge in [0.1, 0.15) is 6.61 Å². The zero-order valence-electron chi connectivity index (χ0n) is 43.3. The first-order valence-corrected chi connectivity index (χ1v) is 30.0. The summed E-state index contributed by atoms with van der Waals surface area (Å²) in [5.74, 6) is -0.805. The molecule has 9 nitrogen and oxygen atoms in total. The number of rotatable bonds is 55. The number of hydrogen-bond donors (Lipinski definition) is 2. The quantitative estimate of drug-likeness (QED) is 0.0347. The van der Waals surface area contributed by atoms with Crippen LogP contribution in [0.25, 0.3) is 0 Å². The molecule has 0 aromatic heterocycles. The molecule has 0 amide bonds. The molecule has 0 aromatic rings. The van der Waals surface area contributed by atoms with E-state index in [2.05, 4.69) is 13.8 Å². The second-order valence-corrected chi connectivity index (χ2v) is 21.0. The van der Waals surface area contributed by atoms with Crippen molar-refractivity contribution in [1.82, 2.24) is 0 Å². The van der Waals surface area contributed by atoms with Gasteiger partial charge in [-0.05, 0) is 12.8 Å². The highest BCUT2D eigenvalue weighted by Crippen LogP contribution is 2.43. The van der Waals surface area contributed by atoms with Crippen LogP contribution in [0.4, 0.5) is 0 Å². The molecular weight excluding hydrogens is 834 g/mol. The van der Waals surface area contributed by atoms with Crippen molar-refractivity contribution in [2.45, 2.75) is 315 Å². The lowest BCUT2D eigenvalue weighted by Crippen LogP contribution is -2.29. The second kappa shape index (κ2) is 52.4. The normalized spacial score (nSPS) is 13.0. The van der Waals surface area contributed by atoms with Crippen LogP contribution in [0.2, 0.25) is 0 Å². The van der Waals surface area contributed by atoms with Gasteiger partial charge in [-0.2, -0.15) is 0 Å². The van der Waals surface area contributed by atoms with Gasteiger partial charge >= 0.3 is 19.8 Å². The van der Waals surface area contributed by atoms with Crippen molar-refractivity contribution in [3.8, 4) is 0 Å². The summed E-state index contributed by atoms with van der Waals surface area (Å²) < 4.78 is 33.0.